The first kappa shape index (κ1) is 20.7. The molecule has 0 unspecified atom stereocenters. The fourth-order valence-corrected chi connectivity index (χ4v) is 3.50. The maximum Gasteiger partial charge on any atom is 0.416 e. The molecule has 9 heteroatoms. The zero-order valence-corrected chi connectivity index (χ0v) is 16.8. The molecule has 1 fully saturated rings. The zero-order chi connectivity index (χ0) is 20.5. The van der Waals surface area contributed by atoms with E-state index in [-0.39, 0.29) is 28.8 Å². The third kappa shape index (κ3) is 4.50. The van der Waals surface area contributed by atoms with Crippen LogP contribution in [-0.4, -0.2) is 29.9 Å². The van der Waals surface area contributed by atoms with Gasteiger partial charge < -0.3 is 4.90 Å². The van der Waals surface area contributed by atoms with Gasteiger partial charge in [0.05, 0.1) is 16.1 Å². The predicted molar refractivity (Wildman–Crippen MR) is 103 cm³/mol. The van der Waals surface area contributed by atoms with Crippen LogP contribution >= 0.6 is 27.5 Å². The largest absolute Gasteiger partial charge is 0.416 e. The summed E-state index contributed by atoms with van der Waals surface area (Å²) in [6.45, 7) is 0.287. The SMILES string of the molecule is O=C1CCCN1CN(C(=O)c1cc(Br)ccc1Cl)c1cccc(C(F)(F)F)c1. The van der Waals surface area contributed by atoms with Crippen molar-refractivity contribution in [2.24, 2.45) is 0 Å². The summed E-state index contributed by atoms with van der Waals surface area (Å²) >= 11 is 9.41. The Bertz CT molecular complexity index is 920. The zero-order valence-electron chi connectivity index (χ0n) is 14.5. The maximum absolute atomic E-state index is 13.2. The minimum Gasteiger partial charge on any atom is -0.324 e. The lowest BCUT2D eigenvalue weighted by Gasteiger charge is -2.29. The molecule has 1 aliphatic heterocycles. The first-order chi connectivity index (χ1) is 13.2. The number of alkyl halides is 3. The Morgan fingerprint density at radius 3 is 2.61 bits per heavy atom. The van der Waals surface area contributed by atoms with Crippen LogP contribution in [-0.2, 0) is 11.0 Å². The minimum atomic E-state index is -4.55. The summed E-state index contributed by atoms with van der Waals surface area (Å²) in [5.74, 6) is -0.740. The quantitative estimate of drug-likeness (QED) is 0.598. The Kier molecular flexibility index (Phi) is 6.00. The molecule has 0 atom stereocenters. The Hall–Kier alpha value is -2.06. The number of nitrogens with zero attached hydrogens (tertiary/aromatic N) is 2. The highest BCUT2D eigenvalue weighted by Crippen LogP contribution is 2.33. The lowest BCUT2D eigenvalue weighted by atomic mass is 10.1. The summed E-state index contributed by atoms with van der Waals surface area (Å²) in [5.41, 5.74) is -0.716. The molecule has 1 heterocycles. The maximum atomic E-state index is 13.2. The first-order valence-electron chi connectivity index (χ1n) is 8.39. The third-order valence-corrected chi connectivity index (χ3v) is 5.20. The van der Waals surface area contributed by atoms with Gasteiger partial charge >= 0.3 is 6.18 Å². The molecule has 2 aromatic rings. The van der Waals surface area contributed by atoms with E-state index in [1.165, 1.54) is 29.2 Å². The average Bonchev–Trinajstić information content (AvgIpc) is 3.05. The molecule has 28 heavy (non-hydrogen) atoms. The van der Waals surface area contributed by atoms with E-state index >= 15 is 0 Å². The second kappa shape index (κ2) is 8.13. The highest BCUT2D eigenvalue weighted by atomic mass is 79.9. The molecule has 148 valence electrons. The van der Waals surface area contributed by atoms with Gasteiger partial charge in [0.2, 0.25) is 5.91 Å². The van der Waals surface area contributed by atoms with Crippen molar-refractivity contribution >= 4 is 45.0 Å². The number of benzene rings is 2. The number of carbonyl (C=O) groups is 2. The summed E-state index contributed by atoms with van der Waals surface area (Å²) in [5, 5.41) is 0.165. The van der Waals surface area contributed by atoms with E-state index in [4.69, 9.17) is 11.6 Å². The standard InChI is InChI=1S/C19H15BrClF3N2O2/c20-13-6-7-16(21)15(10-13)18(28)26(11-25-8-2-5-17(25)27)14-4-1-3-12(9-14)19(22,23)24/h1,3-4,6-7,9-10H,2,5,8,11H2. The van der Waals surface area contributed by atoms with Crippen LogP contribution in [0.4, 0.5) is 18.9 Å². The Balaban J connectivity index is 2.03. The molecular formula is C19H15BrClF3N2O2. The summed E-state index contributed by atoms with van der Waals surface area (Å²) in [6, 6.07) is 9.12. The van der Waals surface area contributed by atoms with E-state index in [9.17, 15) is 22.8 Å². The number of likely N-dealkylation sites (tertiary alicyclic amines) is 1. The van der Waals surface area contributed by atoms with Gasteiger partial charge in [-0.15, -0.1) is 0 Å². The number of amides is 2. The molecule has 1 aliphatic rings. The fraction of sp³-hybridized carbons (Fsp3) is 0.263. The Morgan fingerprint density at radius 2 is 1.96 bits per heavy atom. The average molecular weight is 476 g/mol. The summed E-state index contributed by atoms with van der Waals surface area (Å²) in [6.07, 6.45) is -3.56. The predicted octanol–water partition coefficient (Wildman–Crippen LogP) is 5.35. The van der Waals surface area contributed by atoms with Crippen molar-refractivity contribution in [3.63, 3.8) is 0 Å². The van der Waals surface area contributed by atoms with Crippen molar-refractivity contribution in [1.82, 2.24) is 4.90 Å². The Morgan fingerprint density at radius 1 is 1.21 bits per heavy atom. The second-order valence-electron chi connectivity index (χ2n) is 6.31. The van der Waals surface area contributed by atoms with E-state index < -0.39 is 17.6 Å². The summed E-state index contributed by atoms with van der Waals surface area (Å²) in [7, 11) is 0. The fourth-order valence-electron chi connectivity index (χ4n) is 2.94. The number of hydrogen-bond donors (Lipinski definition) is 0. The lowest BCUT2D eigenvalue weighted by molar-refractivity contribution is -0.137. The number of hydrogen-bond acceptors (Lipinski definition) is 2. The van der Waals surface area contributed by atoms with E-state index in [2.05, 4.69) is 15.9 Å². The molecule has 1 saturated heterocycles. The molecule has 0 aliphatic carbocycles. The van der Waals surface area contributed by atoms with Gasteiger partial charge in [0.1, 0.15) is 6.67 Å². The van der Waals surface area contributed by atoms with E-state index in [1.807, 2.05) is 0 Å². The van der Waals surface area contributed by atoms with Crippen molar-refractivity contribution in [1.29, 1.82) is 0 Å². The summed E-state index contributed by atoms with van der Waals surface area (Å²) < 4.78 is 40.0. The van der Waals surface area contributed by atoms with Crippen LogP contribution in [0.15, 0.2) is 46.9 Å². The van der Waals surface area contributed by atoms with Gasteiger partial charge in [-0.3, -0.25) is 14.5 Å². The highest BCUT2D eigenvalue weighted by Gasteiger charge is 2.32. The van der Waals surface area contributed by atoms with E-state index in [0.717, 1.165) is 17.0 Å². The molecular weight excluding hydrogens is 461 g/mol. The monoisotopic (exact) mass is 474 g/mol. The molecule has 0 bridgehead atoms. The number of halogens is 5. The summed E-state index contributed by atoms with van der Waals surface area (Å²) in [4.78, 5) is 27.8. The van der Waals surface area contributed by atoms with Gasteiger partial charge in [-0.25, -0.2) is 0 Å². The lowest BCUT2D eigenvalue weighted by Crippen LogP contribution is -2.42. The van der Waals surface area contributed by atoms with E-state index in [0.29, 0.717) is 23.9 Å². The van der Waals surface area contributed by atoms with Gasteiger partial charge in [0.15, 0.2) is 0 Å². The number of carbonyl (C=O) groups excluding carboxylic acids is 2. The van der Waals surface area contributed by atoms with Gasteiger partial charge in [-0.05, 0) is 42.8 Å². The molecule has 0 N–H and O–H groups in total. The van der Waals surface area contributed by atoms with Crippen LogP contribution < -0.4 is 4.90 Å². The second-order valence-corrected chi connectivity index (χ2v) is 7.63. The van der Waals surface area contributed by atoms with Crippen LogP contribution in [0.25, 0.3) is 0 Å². The van der Waals surface area contributed by atoms with Crippen LogP contribution in [0.3, 0.4) is 0 Å². The minimum absolute atomic E-state index is 0.0376. The van der Waals surface area contributed by atoms with Gasteiger partial charge in [0.25, 0.3) is 5.91 Å². The number of anilines is 1. The van der Waals surface area contributed by atoms with Crippen LogP contribution in [0, 0.1) is 0 Å². The number of rotatable bonds is 4. The molecule has 3 rings (SSSR count). The molecule has 4 nitrogen and oxygen atoms in total. The molecule has 0 aromatic heterocycles. The topological polar surface area (TPSA) is 40.6 Å². The van der Waals surface area contributed by atoms with Crippen molar-refractivity contribution in [2.45, 2.75) is 19.0 Å². The van der Waals surface area contributed by atoms with Crippen molar-refractivity contribution in [2.75, 3.05) is 18.1 Å². The molecule has 0 saturated carbocycles. The Labute approximate surface area is 173 Å². The molecule has 2 amide bonds. The molecule has 0 spiro atoms. The molecule has 0 radical (unpaired) electrons. The normalized spacial score (nSPS) is 14.5. The highest BCUT2D eigenvalue weighted by molar-refractivity contribution is 9.10. The first-order valence-corrected chi connectivity index (χ1v) is 9.56. The van der Waals surface area contributed by atoms with Crippen molar-refractivity contribution < 1.29 is 22.8 Å². The van der Waals surface area contributed by atoms with Gasteiger partial charge in [0, 0.05) is 23.1 Å². The van der Waals surface area contributed by atoms with Crippen LogP contribution in [0.2, 0.25) is 5.02 Å². The smallest absolute Gasteiger partial charge is 0.324 e. The van der Waals surface area contributed by atoms with Crippen LogP contribution in [0.5, 0.6) is 0 Å². The molecule has 2 aromatic carbocycles. The van der Waals surface area contributed by atoms with Gasteiger partial charge in [-0.1, -0.05) is 33.6 Å². The van der Waals surface area contributed by atoms with Crippen LogP contribution in [0.1, 0.15) is 28.8 Å². The van der Waals surface area contributed by atoms with Gasteiger partial charge in [-0.2, -0.15) is 13.2 Å². The third-order valence-electron chi connectivity index (χ3n) is 4.37. The van der Waals surface area contributed by atoms with E-state index in [1.54, 1.807) is 6.07 Å². The van der Waals surface area contributed by atoms with Crippen molar-refractivity contribution in [3.8, 4) is 0 Å². The van der Waals surface area contributed by atoms with Crippen molar-refractivity contribution in [3.05, 3.63) is 63.1 Å².